The maximum absolute atomic E-state index is 10.2. The molecule has 3 aromatic rings. The summed E-state index contributed by atoms with van der Waals surface area (Å²) >= 11 is 1.47. The quantitative estimate of drug-likeness (QED) is 0.577. The van der Waals surface area contributed by atoms with Crippen molar-refractivity contribution in [3.8, 4) is 0 Å². The molecule has 4 rings (SSSR count). The summed E-state index contributed by atoms with van der Waals surface area (Å²) in [5.74, 6) is 0. The average molecular weight is 374 g/mol. The number of benzene rings is 1. The van der Waals surface area contributed by atoms with Gasteiger partial charge in [0.15, 0.2) is 11.9 Å². The van der Waals surface area contributed by atoms with Gasteiger partial charge in [0.05, 0.1) is 12.9 Å². The fraction of sp³-hybridized carbons (Fsp3) is 0.353. The van der Waals surface area contributed by atoms with E-state index in [0.29, 0.717) is 16.2 Å². The Morgan fingerprint density at radius 2 is 1.88 bits per heavy atom. The number of ether oxygens (including phenoxy) is 1. The molecule has 1 saturated heterocycles. The number of hydrogen-bond donors (Lipinski definition) is 3. The van der Waals surface area contributed by atoms with E-state index in [0.717, 1.165) is 4.90 Å². The Kier molecular flexibility index (Phi) is 4.63. The molecule has 0 amide bonds. The Hall–Kier alpha value is -2.04. The van der Waals surface area contributed by atoms with E-state index in [1.54, 1.807) is 4.57 Å². The first-order valence-electron chi connectivity index (χ1n) is 8.13. The third-order valence-electron chi connectivity index (χ3n) is 4.35. The molecule has 9 heteroatoms. The zero-order valence-corrected chi connectivity index (χ0v) is 14.7. The zero-order chi connectivity index (χ0) is 18.3. The topological polar surface area (TPSA) is 114 Å². The van der Waals surface area contributed by atoms with Crippen molar-refractivity contribution >= 4 is 22.9 Å². The highest BCUT2D eigenvalue weighted by Gasteiger charge is 2.44. The summed E-state index contributed by atoms with van der Waals surface area (Å²) in [6.45, 7) is 1.64. The van der Waals surface area contributed by atoms with Crippen molar-refractivity contribution in [1.29, 1.82) is 0 Å². The van der Waals surface area contributed by atoms with Gasteiger partial charge in [-0.15, -0.1) is 0 Å². The molecule has 1 aromatic carbocycles. The van der Waals surface area contributed by atoms with Crippen LogP contribution < -0.4 is 0 Å². The van der Waals surface area contributed by atoms with Crippen LogP contribution in [-0.2, 0) is 4.74 Å². The lowest BCUT2D eigenvalue weighted by Crippen LogP contribution is -2.33. The lowest BCUT2D eigenvalue weighted by Gasteiger charge is -2.16. The van der Waals surface area contributed by atoms with E-state index in [1.807, 2.05) is 31.2 Å². The molecule has 136 valence electrons. The first-order chi connectivity index (χ1) is 12.6. The van der Waals surface area contributed by atoms with Crippen LogP contribution in [0.3, 0.4) is 0 Å². The van der Waals surface area contributed by atoms with E-state index in [9.17, 15) is 15.3 Å². The van der Waals surface area contributed by atoms with Crippen molar-refractivity contribution < 1.29 is 20.1 Å². The Balaban J connectivity index is 1.68. The van der Waals surface area contributed by atoms with Crippen LogP contribution in [0, 0.1) is 6.92 Å². The number of rotatable bonds is 4. The van der Waals surface area contributed by atoms with Crippen LogP contribution in [0.4, 0.5) is 0 Å². The Labute approximate surface area is 153 Å². The summed E-state index contributed by atoms with van der Waals surface area (Å²) < 4.78 is 7.12. The molecule has 3 N–H and O–H groups in total. The van der Waals surface area contributed by atoms with Gasteiger partial charge < -0.3 is 20.1 Å². The highest BCUT2D eigenvalue weighted by molar-refractivity contribution is 7.99. The van der Waals surface area contributed by atoms with Crippen molar-refractivity contribution in [2.45, 2.75) is 41.4 Å². The molecule has 0 radical (unpaired) electrons. The zero-order valence-electron chi connectivity index (χ0n) is 13.9. The van der Waals surface area contributed by atoms with E-state index in [2.05, 4.69) is 15.0 Å². The number of aryl methyl sites for hydroxylation is 1. The lowest BCUT2D eigenvalue weighted by atomic mass is 10.1. The highest BCUT2D eigenvalue weighted by atomic mass is 32.2. The first-order valence-corrected chi connectivity index (χ1v) is 8.94. The highest BCUT2D eigenvalue weighted by Crippen LogP contribution is 2.34. The van der Waals surface area contributed by atoms with Crippen LogP contribution in [0.2, 0.25) is 0 Å². The number of aliphatic hydroxyl groups excluding tert-OH is 3. The molecule has 26 heavy (non-hydrogen) atoms. The van der Waals surface area contributed by atoms with Crippen molar-refractivity contribution in [2.75, 3.05) is 6.61 Å². The third-order valence-corrected chi connectivity index (χ3v) is 5.35. The summed E-state index contributed by atoms with van der Waals surface area (Å²) in [4.78, 5) is 14.0. The Bertz CT molecular complexity index is 917. The molecule has 0 bridgehead atoms. The molecule has 0 aliphatic carbocycles. The van der Waals surface area contributed by atoms with Crippen LogP contribution in [-0.4, -0.2) is 59.8 Å². The fourth-order valence-corrected chi connectivity index (χ4v) is 3.76. The molecule has 4 unspecified atom stereocenters. The maximum atomic E-state index is 10.2. The smallest absolute Gasteiger partial charge is 0.166 e. The van der Waals surface area contributed by atoms with Crippen molar-refractivity contribution in [3.63, 3.8) is 0 Å². The fourth-order valence-electron chi connectivity index (χ4n) is 2.92. The molecular weight excluding hydrogens is 356 g/mol. The molecule has 1 fully saturated rings. The standard InChI is InChI=1S/C17H18N4O4S/c1-9-2-4-10(5-3-9)26-16-12-15(18-7-19-16)21(8-20-12)17-14(24)13(23)11(6-22)25-17/h2-5,7-8,11,13-14,17,22-24H,6H2,1H3. The molecule has 4 atom stereocenters. The van der Waals surface area contributed by atoms with Crippen molar-refractivity contribution in [1.82, 2.24) is 19.5 Å². The van der Waals surface area contributed by atoms with Crippen LogP contribution in [0.1, 0.15) is 11.8 Å². The van der Waals surface area contributed by atoms with Gasteiger partial charge in [-0.25, -0.2) is 15.0 Å². The van der Waals surface area contributed by atoms with Gasteiger partial charge >= 0.3 is 0 Å². The number of fused-ring (bicyclic) bond motifs is 1. The second kappa shape index (κ2) is 6.93. The minimum absolute atomic E-state index is 0.384. The summed E-state index contributed by atoms with van der Waals surface area (Å²) in [6.07, 6.45) is -1.16. The molecular formula is C17H18N4O4S. The molecule has 0 spiro atoms. The SMILES string of the molecule is Cc1ccc(Sc2ncnc3c2ncn3C2OC(CO)C(O)C2O)cc1. The second-order valence-electron chi connectivity index (χ2n) is 6.15. The molecule has 3 heterocycles. The van der Waals surface area contributed by atoms with Crippen molar-refractivity contribution in [2.24, 2.45) is 0 Å². The second-order valence-corrected chi connectivity index (χ2v) is 7.21. The van der Waals surface area contributed by atoms with Gasteiger partial charge in [0.1, 0.15) is 35.2 Å². The summed E-state index contributed by atoms with van der Waals surface area (Å²) in [7, 11) is 0. The summed E-state index contributed by atoms with van der Waals surface area (Å²) in [5.41, 5.74) is 2.25. The number of imidazole rings is 1. The summed E-state index contributed by atoms with van der Waals surface area (Å²) in [5, 5.41) is 30.1. The van der Waals surface area contributed by atoms with E-state index < -0.39 is 24.5 Å². The van der Waals surface area contributed by atoms with E-state index in [-0.39, 0.29) is 6.61 Å². The number of nitrogens with zero attached hydrogens (tertiary/aromatic N) is 4. The molecule has 1 aliphatic rings. The lowest BCUT2D eigenvalue weighted by molar-refractivity contribution is -0.0511. The third kappa shape index (κ3) is 2.97. The minimum atomic E-state index is -1.19. The molecule has 0 saturated carbocycles. The largest absolute Gasteiger partial charge is 0.394 e. The number of aliphatic hydroxyl groups is 3. The van der Waals surface area contributed by atoms with Crippen LogP contribution in [0.15, 0.2) is 46.8 Å². The van der Waals surface area contributed by atoms with Gasteiger partial charge in [-0.3, -0.25) is 4.57 Å². The van der Waals surface area contributed by atoms with E-state index >= 15 is 0 Å². The Morgan fingerprint density at radius 1 is 1.12 bits per heavy atom. The molecule has 1 aliphatic heterocycles. The van der Waals surface area contributed by atoms with Crippen LogP contribution in [0.5, 0.6) is 0 Å². The van der Waals surface area contributed by atoms with E-state index in [4.69, 9.17) is 4.74 Å². The van der Waals surface area contributed by atoms with Gasteiger partial charge in [0, 0.05) is 4.90 Å². The van der Waals surface area contributed by atoms with Gasteiger partial charge in [-0.2, -0.15) is 0 Å². The van der Waals surface area contributed by atoms with Gasteiger partial charge in [-0.1, -0.05) is 29.5 Å². The maximum Gasteiger partial charge on any atom is 0.166 e. The molecule has 8 nitrogen and oxygen atoms in total. The molecule has 2 aromatic heterocycles. The predicted molar refractivity (Wildman–Crippen MR) is 93.6 cm³/mol. The monoisotopic (exact) mass is 374 g/mol. The van der Waals surface area contributed by atoms with Gasteiger partial charge in [0.25, 0.3) is 0 Å². The minimum Gasteiger partial charge on any atom is -0.394 e. The van der Waals surface area contributed by atoms with Crippen LogP contribution in [0.25, 0.3) is 11.2 Å². The number of hydrogen-bond acceptors (Lipinski definition) is 8. The van der Waals surface area contributed by atoms with Gasteiger partial charge in [-0.05, 0) is 19.1 Å². The normalized spacial score (nSPS) is 25.8. The van der Waals surface area contributed by atoms with Crippen molar-refractivity contribution in [3.05, 3.63) is 42.5 Å². The average Bonchev–Trinajstić information content (AvgIpc) is 3.19. The van der Waals surface area contributed by atoms with E-state index in [1.165, 1.54) is 30.0 Å². The van der Waals surface area contributed by atoms with Gasteiger partial charge in [0.2, 0.25) is 0 Å². The number of aromatic nitrogens is 4. The first kappa shape index (κ1) is 17.4. The summed E-state index contributed by atoms with van der Waals surface area (Å²) in [6, 6.07) is 8.07. The predicted octanol–water partition coefficient (Wildman–Crippen LogP) is 0.897. The Morgan fingerprint density at radius 3 is 2.58 bits per heavy atom. The van der Waals surface area contributed by atoms with Crippen LogP contribution >= 0.6 is 11.8 Å².